The summed E-state index contributed by atoms with van der Waals surface area (Å²) >= 11 is 0. The van der Waals surface area contributed by atoms with E-state index in [1.165, 1.54) is 55.6 Å². The highest BCUT2D eigenvalue weighted by Gasteiger charge is 2.32. The first-order valence-corrected chi connectivity index (χ1v) is 12.2. The molecule has 0 atom stereocenters. The van der Waals surface area contributed by atoms with E-state index in [-0.39, 0.29) is 0 Å². The molecule has 2 aliphatic carbocycles. The number of hydrogen-bond acceptors (Lipinski definition) is 2. The summed E-state index contributed by atoms with van der Waals surface area (Å²) in [5, 5.41) is 10.0. The molecule has 4 aromatic rings. The third-order valence-corrected chi connectivity index (χ3v) is 7.57. The van der Waals surface area contributed by atoms with Crippen LogP contribution >= 0.6 is 0 Å². The van der Waals surface area contributed by atoms with E-state index < -0.39 is 11.1 Å². The quantitative estimate of drug-likeness (QED) is 0.245. The van der Waals surface area contributed by atoms with Gasteiger partial charge in [-0.05, 0) is 96.2 Å². The van der Waals surface area contributed by atoms with Crippen LogP contribution in [0.1, 0.15) is 61.1 Å². The van der Waals surface area contributed by atoms with Crippen LogP contribution in [0.3, 0.4) is 0 Å². The molecule has 2 nitrogen and oxygen atoms in total. The molecule has 0 bridgehead atoms. The second-order valence-corrected chi connectivity index (χ2v) is 10.6. The van der Waals surface area contributed by atoms with E-state index in [4.69, 9.17) is 10.2 Å². The molecule has 0 aromatic heterocycles. The van der Waals surface area contributed by atoms with Gasteiger partial charge in [0.25, 0.3) is 0 Å². The molecule has 0 saturated heterocycles. The van der Waals surface area contributed by atoms with Crippen molar-refractivity contribution in [3.8, 4) is 22.3 Å². The average molecular weight is 443 g/mol. The van der Waals surface area contributed by atoms with Gasteiger partial charge in [0.1, 0.15) is 11.1 Å². The predicted octanol–water partition coefficient (Wildman–Crippen LogP) is 8.45. The summed E-state index contributed by atoms with van der Waals surface area (Å²) in [7, 11) is 0. The number of benzene rings is 4. The number of rotatable bonds is 4. The largest absolute Gasteiger partial charge is 0.182 e. The van der Waals surface area contributed by atoms with E-state index in [0.29, 0.717) is 0 Å². The van der Waals surface area contributed by atoms with Crippen molar-refractivity contribution in [3.63, 3.8) is 0 Å². The molecule has 0 N–H and O–H groups in total. The van der Waals surface area contributed by atoms with E-state index in [1.54, 1.807) is 0 Å². The lowest BCUT2D eigenvalue weighted by Gasteiger charge is -2.27. The molecule has 168 valence electrons. The summed E-state index contributed by atoms with van der Waals surface area (Å²) in [5.74, 6) is 0. The van der Waals surface area contributed by atoms with Crippen molar-refractivity contribution in [1.29, 1.82) is 0 Å². The predicted molar refractivity (Wildman–Crippen MR) is 140 cm³/mol. The first-order valence-electron chi connectivity index (χ1n) is 12.2. The topological polar surface area (TPSA) is 24.7 Å². The van der Waals surface area contributed by atoms with Crippen molar-refractivity contribution in [2.45, 2.75) is 51.6 Å². The van der Waals surface area contributed by atoms with Gasteiger partial charge in [0, 0.05) is 0 Å². The van der Waals surface area contributed by atoms with Crippen molar-refractivity contribution in [2.24, 2.45) is 10.2 Å². The molecule has 6 rings (SSSR count). The SMILES string of the molecule is CC(C)(N=NC(C)(C)c1cccc2c1Cc1ccccc1-2)c1cccc2c1Cc1ccccc1-2. The van der Waals surface area contributed by atoms with Crippen LogP contribution < -0.4 is 0 Å². The Morgan fingerprint density at radius 3 is 1.29 bits per heavy atom. The second-order valence-electron chi connectivity index (χ2n) is 10.6. The molecule has 0 radical (unpaired) electrons. The van der Waals surface area contributed by atoms with Gasteiger partial charge in [-0.3, -0.25) is 0 Å². The Morgan fingerprint density at radius 1 is 0.471 bits per heavy atom. The Labute approximate surface area is 202 Å². The van der Waals surface area contributed by atoms with Gasteiger partial charge in [-0.2, -0.15) is 10.2 Å². The van der Waals surface area contributed by atoms with Crippen LogP contribution in [-0.2, 0) is 23.9 Å². The third kappa shape index (κ3) is 3.24. The summed E-state index contributed by atoms with van der Waals surface area (Å²) in [6, 6.07) is 30.8. The molecule has 0 heterocycles. The van der Waals surface area contributed by atoms with E-state index >= 15 is 0 Å². The summed E-state index contributed by atoms with van der Waals surface area (Å²) in [6.45, 7) is 8.76. The molecule has 0 unspecified atom stereocenters. The van der Waals surface area contributed by atoms with Crippen LogP contribution in [0.15, 0.2) is 95.2 Å². The van der Waals surface area contributed by atoms with Gasteiger partial charge in [-0.25, -0.2) is 0 Å². The minimum absolute atomic E-state index is 0.411. The maximum atomic E-state index is 5.01. The van der Waals surface area contributed by atoms with Crippen LogP contribution in [-0.4, -0.2) is 0 Å². The van der Waals surface area contributed by atoms with E-state index in [0.717, 1.165) is 12.8 Å². The summed E-state index contributed by atoms with van der Waals surface area (Å²) in [5.41, 5.74) is 12.7. The van der Waals surface area contributed by atoms with Crippen LogP contribution in [0, 0.1) is 0 Å². The molecular formula is C32H30N2. The van der Waals surface area contributed by atoms with Crippen LogP contribution in [0.2, 0.25) is 0 Å². The number of hydrogen-bond donors (Lipinski definition) is 0. The fourth-order valence-electron chi connectivity index (χ4n) is 5.82. The van der Waals surface area contributed by atoms with E-state index in [2.05, 4.69) is 113 Å². The summed E-state index contributed by atoms with van der Waals surface area (Å²) in [4.78, 5) is 0. The average Bonchev–Trinajstić information content (AvgIpc) is 3.41. The lowest BCUT2D eigenvalue weighted by molar-refractivity contribution is 0.436. The van der Waals surface area contributed by atoms with Crippen molar-refractivity contribution in [2.75, 3.05) is 0 Å². The summed E-state index contributed by atoms with van der Waals surface area (Å²) < 4.78 is 0. The Balaban J connectivity index is 1.36. The van der Waals surface area contributed by atoms with Crippen LogP contribution in [0.4, 0.5) is 0 Å². The molecule has 2 aliphatic rings. The van der Waals surface area contributed by atoms with Crippen molar-refractivity contribution < 1.29 is 0 Å². The van der Waals surface area contributed by atoms with Crippen molar-refractivity contribution >= 4 is 0 Å². The smallest absolute Gasteiger partial charge is 0.101 e. The van der Waals surface area contributed by atoms with E-state index in [1.807, 2.05) is 0 Å². The van der Waals surface area contributed by atoms with E-state index in [9.17, 15) is 0 Å². The molecule has 2 heteroatoms. The Morgan fingerprint density at radius 2 is 0.853 bits per heavy atom. The molecule has 0 fully saturated rings. The second kappa shape index (κ2) is 7.50. The zero-order valence-corrected chi connectivity index (χ0v) is 20.4. The number of azo groups is 1. The highest BCUT2D eigenvalue weighted by molar-refractivity contribution is 5.79. The highest BCUT2D eigenvalue weighted by Crippen LogP contribution is 2.44. The van der Waals surface area contributed by atoms with Gasteiger partial charge in [-0.1, -0.05) is 84.9 Å². The first kappa shape index (κ1) is 21.0. The highest BCUT2D eigenvalue weighted by atomic mass is 15.2. The summed E-state index contributed by atoms with van der Waals surface area (Å²) in [6.07, 6.45) is 1.93. The van der Waals surface area contributed by atoms with Crippen LogP contribution in [0.5, 0.6) is 0 Å². The molecule has 34 heavy (non-hydrogen) atoms. The number of fused-ring (bicyclic) bond motifs is 6. The molecule has 4 aromatic carbocycles. The van der Waals surface area contributed by atoms with Gasteiger partial charge >= 0.3 is 0 Å². The fourth-order valence-corrected chi connectivity index (χ4v) is 5.82. The Bertz CT molecular complexity index is 1340. The van der Waals surface area contributed by atoms with Gasteiger partial charge in [0.15, 0.2) is 0 Å². The minimum Gasteiger partial charge on any atom is -0.182 e. The van der Waals surface area contributed by atoms with Gasteiger partial charge in [0.2, 0.25) is 0 Å². The zero-order chi connectivity index (χ0) is 23.5. The lowest BCUT2D eigenvalue weighted by atomic mass is 9.87. The fraction of sp³-hybridized carbons (Fsp3) is 0.250. The van der Waals surface area contributed by atoms with Crippen molar-refractivity contribution in [1.82, 2.24) is 0 Å². The molecule has 0 saturated carbocycles. The molecule has 0 aliphatic heterocycles. The number of nitrogens with zero attached hydrogens (tertiary/aromatic N) is 2. The first-order chi connectivity index (χ1) is 16.4. The molecule has 0 spiro atoms. The monoisotopic (exact) mass is 442 g/mol. The Kier molecular flexibility index (Phi) is 4.64. The lowest BCUT2D eigenvalue weighted by Crippen LogP contribution is -2.20. The maximum Gasteiger partial charge on any atom is 0.101 e. The Hall–Kier alpha value is -3.52. The van der Waals surface area contributed by atoms with Crippen LogP contribution in [0.25, 0.3) is 22.3 Å². The van der Waals surface area contributed by atoms with Gasteiger partial charge in [0.05, 0.1) is 0 Å². The normalized spacial score (nSPS) is 14.1. The maximum absolute atomic E-state index is 5.01. The van der Waals surface area contributed by atoms with Gasteiger partial charge in [-0.15, -0.1) is 0 Å². The molecule has 0 amide bonds. The zero-order valence-electron chi connectivity index (χ0n) is 20.4. The minimum atomic E-state index is -0.411. The van der Waals surface area contributed by atoms with Gasteiger partial charge < -0.3 is 0 Å². The van der Waals surface area contributed by atoms with Crippen molar-refractivity contribution in [3.05, 3.63) is 118 Å². The molecular weight excluding hydrogens is 412 g/mol. The standard InChI is InChI=1S/C32H30N2/c1-31(2,29-17-9-15-25-23-13-7-5-11-21(23)19-27(25)29)33-34-32(3,4)30-18-10-16-26-24-14-8-6-12-22(24)20-28(26)30/h5-18H,19-20H2,1-4H3. The third-order valence-electron chi connectivity index (χ3n) is 7.57.